The van der Waals surface area contributed by atoms with Crippen molar-refractivity contribution in [3.8, 4) is 0 Å². The highest BCUT2D eigenvalue weighted by molar-refractivity contribution is 6.30. The topological polar surface area (TPSA) is 161 Å². The van der Waals surface area contributed by atoms with Gasteiger partial charge >= 0.3 is 6.09 Å². The van der Waals surface area contributed by atoms with Crippen molar-refractivity contribution in [1.82, 2.24) is 25.6 Å². The summed E-state index contributed by atoms with van der Waals surface area (Å²) < 4.78 is 5.37. The lowest BCUT2D eigenvalue weighted by atomic mass is 10.0. The Bertz CT molecular complexity index is 1010. The van der Waals surface area contributed by atoms with Crippen molar-refractivity contribution >= 4 is 35.0 Å². The van der Waals surface area contributed by atoms with Gasteiger partial charge < -0.3 is 21.1 Å². The van der Waals surface area contributed by atoms with Crippen molar-refractivity contribution < 1.29 is 14.3 Å². The van der Waals surface area contributed by atoms with Crippen molar-refractivity contribution in [3.63, 3.8) is 0 Å². The molecule has 0 spiro atoms. The number of carbonyl (C=O) groups excluding carboxylic acids is 2. The summed E-state index contributed by atoms with van der Waals surface area (Å²) >= 11 is 6.04. The number of hydrogen-bond acceptors (Lipinski definition) is 9. The van der Waals surface area contributed by atoms with Gasteiger partial charge in [0.05, 0.1) is 23.5 Å². The number of nitrogens with one attached hydrogen (secondary N) is 3. The van der Waals surface area contributed by atoms with Gasteiger partial charge in [0.15, 0.2) is 5.82 Å². The van der Waals surface area contributed by atoms with Gasteiger partial charge in [0.25, 0.3) is 0 Å². The predicted molar refractivity (Wildman–Crippen MR) is 120 cm³/mol. The zero-order chi connectivity index (χ0) is 23.3. The van der Waals surface area contributed by atoms with Crippen LogP contribution in [0.25, 0.3) is 5.70 Å². The van der Waals surface area contributed by atoms with Crippen molar-refractivity contribution in [2.24, 2.45) is 17.5 Å². The third kappa shape index (κ3) is 5.63. The first-order valence-electron chi connectivity index (χ1n) is 9.80. The third-order valence-corrected chi connectivity index (χ3v) is 5.11. The Hall–Kier alpha value is -3.41. The predicted octanol–water partition coefficient (Wildman–Crippen LogP) is 1.17. The lowest BCUT2D eigenvalue weighted by Crippen LogP contribution is -2.48. The Kier molecular flexibility index (Phi) is 7.46. The molecule has 2 aromatic heterocycles. The molecule has 0 radical (unpaired) electrons. The van der Waals surface area contributed by atoms with E-state index in [1.165, 1.54) is 19.4 Å². The summed E-state index contributed by atoms with van der Waals surface area (Å²) in [5.74, 6) is 5.81. The van der Waals surface area contributed by atoms with Crippen LogP contribution in [-0.4, -0.2) is 47.1 Å². The van der Waals surface area contributed by atoms with E-state index >= 15 is 0 Å². The molecule has 1 aliphatic rings. The highest BCUT2D eigenvalue weighted by Crippen LogP contribution is 2.23. The van der Waals surface area contributed by atoms with Gasteiger partial charge in [-0.2, -0.15) is 0 Å². The van der Waals surface area contributed by atoms with Crippen LogP contribution in [0.4, 0.5) is 10.5 Å². The highest BCUT2D eigenvalue weighted by Gasteiger charge is 2.25. The average molecular weight is 461 g/mol. The van der Waals surface area contributed by atoms with E-state index in [1.54, 1.807) is 31.2 Å². The van der Waals surface area contributed by atoms with Gasteiger partial charge in [-0.25, -0.2) is 15.6 Å². The van der Waals surface area contributed by atoms with E-state index in [9.17, 15) is 9.59 Å². The van der Waals surface area contributed by atoms with E-state index in [-0.39, 0.29) is 28.5 Å². The standard InChI is InChI=1S/C20H25ClN8O3/c1-11(14-4-3-7-25-17(14)21)32-20(31)28-18(29(2)23)16(22)15-6-5-13(10-26-15)27-19(30)12-8-24-9-12/h3-7,10-12,24H,8-9,22-23H2,1-2H3,(H,27,30)(H,28,31)/b18-16-. The maximum Gasteiger partial charge on any atom is 0.413 e. The molecule has 0 bridgehead atoms. The number of hydrogen-bond donors (Lipinski definition) is 5. The molecule has 3 heterocycles. The number of carbonyl (C=O) groups is 2. The summed E-state index contributed by atoms with van der Waals surface area (Å²) in [4.78, 5) is 32.7. The molecule has 0 aliphatic carbocycles. The van der Waals surface area contributed by atoms with E-state index < -0.39 is 12.2 Å². The number of ether oxygens (including phenoxy) is 1. The summed E-state index contributed by atoms with van der Waals surface area (Å²) in [6, 6.07) is 6.67. The molecular weight excluding hydrogens is 436 g/mol. The molecule has 2 amide bonds. The summed E-state index contributed by atoms with van der Waals surface area (Å²) in [5, 5.41) is 9.75. The smallest absolute Gasteiger partial charge is 0.413 e. The molecule has 3 rings (SSSR count). The fourth-order valence-corrected chi connectivity index (χ4v) is 3.14. The van der Waals surface area contributed by atoms with E-state index in [4.69, 9.17) is 27.9 Å². The second kappa shape index (κ2) is 10.3. The molecule has 170 valence electrons. The fraction of sp³-hybridized carbons (Fsp3) is 0.300. The molecule has 11 nitrogen and oxygen atoms in total. The summed E-state index contributed by atoms with van der Waals surface area (Å²) in [7, 11) is 1.51. The molecule has 7 N–H and O–H groups in total. The number of anilines is 1. The van der Waals surface area contributed by atoms with Crippen LogP contribution in [0.5, 0.6) is 0 Å². The molecule has 1 atom stereocenters. The number of amides is 2. The Morgan fingerprint density at radius 2 is 2.06 bits per heavy atom. The molecule has 1 unspecified atom stereocenters. The SMILES string of the molecule is CC(OC(=O)N/C(=C(/N)c1ccc(NC(=O)C2CNC2)cn1)N(C)N)c1cccnc1Cl. The van der Waals surface area contributed by atoms with Gasteiger partial charge in [-0.05, 0) is 25.1 Å². The molecule has 1 aliphatic heterocycles. The number of rotatable bonds is 7. The lowest BCUT2D eigenvalue weighted by Gasteiger charge is -2.25. The van der Waals surface area contributed by atoms with Crippen molar-refractivity contribution in [1.29, 1.82) is 0 Å². The minimum Gasteiger partial charge on any atom is -0.441 e. The van der Waals surface area contributed by atoms with Crippen LogP contribution < -0.4 is 27.5 Å². The Labute approximate surface area is 190 Å². The minimum atomic E-state index is -0.786. The van der Waals surface area contributed by atoms with Gasteiger partial charge in [0.2, 0.25) is 5.91 Å². The number of nitrogens with two attached hydrogens (primary N) is 2. The maximum absolute atomic E-state index is 12.4. The largest absolute Gasteiger partial charge is 0.441 e. The van der Waals surface area contributed by atoms with E-state index in [2.05, 4.69) is 25.9 Å². The molecule has 1 saturated heterocycles. The first kappa shape index (κ1) is 23.3. The monoisotopic (exact) mass is 460 g/mol. The third-order valence-electron chi connectivity index (χ3n) is 4.80. The number of aromatic nitrogens is 2. The van der Waals surface area contributed by atoms with Gasteiger partial charge in [-0.1, -0.05) is 17.7 Å². The molecule has 32 heavy (non-hydrogen) atoms. The second-order valence-electron chi connectivity index (χ2n) is 7.21. The molecule has 0 saturated carbocycles. The van der Waals surface area contributed by atoms with Crippen LogP contribution in [0.3, 0.4) is 0 Å². The number of alkyl carbamates (subject to hydrolysis) is 1. The summed E-state index contributed by atoms with van der Waals surface area (Å²) in [6.07, 6.45) is 1.57. The van der Waals surface area contributed by atoms with Crippen LogP contribution in [0, 0.1) is 5.92 Å². The molecule has 12 heteroatoms. The minimum absolute atomic E-state index is 0.0451. The van der Waals surface area contributed by atoms with Gasteiger partial charge in [0, 0.05) is 31.9 Å². The van der Waals surface area contributed by atoms with Crippen molar-refractivity contribution in [2.45, 2.75) is 13.0 Å². The highest BCUT2D eigenvalue weighted by atomic mass is 35.5. The van der Waals surface area contributed by atoms with Crippen LogP contribution in [-0.2, 0) is 9.53 Å². The summed E-state index contributed by atoms with van der Waals surface area (Å²) in [6.45, 7) is 2.98. The van der Waals surface area contributed by atoms with E-state index in [0.717, 1.165) is 5.01 Å². The van der Waals surface area contributed by atoms with Crippen LogP contribution in [0.2, 0.25) is 5.15 Å². The molecule has 0 aromatic carbocycles. The Balaban J connectivity index is 1.68. The van der Waals surface area contributed by atoms with Crippen LogP contribution in [0.15, 0.2) is 42.5 Å². The fourth-order valence-electron chi connectivity index (χ4n) is 2.86. The zero-order valence-corrected chi connectivity index (χ0v) is 18.4. The van der Waals surface area contributed by atoms with Gasteiger partial charge in [-0.15, -0.1) is 0 Å². The first-order valence-corrected chi connectivity index (χ1v) is 10.2. The van der Waals surface area contributed by atoms with Crippen LogP contribution >= 0.6 is 11.6 Å². The average Bonchev–Trinajstić information content (AvgIpc) is 2.70. The maximum atomic E-state index is 12.4. The quantitative estimate of drug-likeness (QED) is 0.232. The van der Waals surface area contributed by atoms with Gasteiger partial charge in [0.1, 0.15) is 17.0 Å². The Morgan fingerprint density at radius 3 is 2.62 bits per heavy atom. The summed E-state index contributed by atoms with van der Waals surface area (Å²) in [5.41, 5.74) is 7.74. The number of hydrazine groups is 1. The van der Waals surface area contributed by atoms with E-state index in [0.29, 0.717) is 30.0 Å². The number of nitrogens with zero attached hydrogens (tertiary/aromatic N) is 3. The van der Waals surface area contributed by atoms with Gasteiger partial charge in [-0.3, -0.25) is 20.1 Å². The molecular formula is C20H25ClN8O3. The normalized spacial score (nSPS) is 15.1. The molecule has 1 fully saturated rings. The van der Waals surface area contributed by atoms with Crippen molar-refractivity contribution in [3.05, 3.63) is 58.9 Å². The number of halogens is 1. The van der Waals surface area contributed by atoms with Crippen LogP contribution in [0.1, 0.15) is 24.3 Å². The Morgan fingerprint density at radius 1 is 1.31 bits per heavy atom. The van der Waals surface area contributed by atoms with E-state index in [1.807, 2.05) is 0 Å². The molecule has 2 aromatic rings. The lowest BCUT2D eigenvalue weighted by molar-refractivity contribution is -0.121. The second-order valence-corrected chi connectivity index (χ2v) is 7.56. The van der Waals surface area contributed by atoms with Crippen molar-refractivity contribution in [2.75, 3.05) is 25.5 Å². The zero-order valence-electron chi connectivity index (χ0n) is 17.6. The number of pyridine rings is 2. The first-order chi connectivity index (χ1) is 15.3.